The highest BCUT2D eigenvalue weighted by Gasteiger charge is 2.39. The molecule has 1 atom stereocenters. The minimum absolute atomic E-state index is 0.00744. The maximum absolute atomic E-state index is 14.7. The highest BCUT2D eigenvalue weighted by atomic mass is 19.4. The highest BCUT2D eigenvalue weighted by Crippen LogP contribution is 2.40. The first kappa shape index (κ1) is 26.4. The van der Waals surface area contributed by atoms with Crippen LogP contribution in [0, 0.1) is 5.82 Å². The highest BCUT2D eigenvalue weighted by molar-refractivity contribution is 6.00. The second-order valence-corrected chi connectivity index (χ2v) is 9.03. The molecular formula is C29H20F7N3. The van der Waals surface area contributed by atoms with Crippen LogP contribution in [0.1, 0.15) is 33.9 Å². The zero-order chi connectivity index (χ0) is 27.8. The van der Waals surface area contributed by atoms with Gasteiger partial charge >= 0.3 is 12.4 Å². The summed E-state index contributed by atoms with van der Waals surface area (Å²) in [6.07, 6.45) is -6.97. The number of rotatable bonds is 5. The average molecular weight is 543 g/mol. The SMILES string of the molecule is Fc1ccccc1-c1ccncc1CN1C(c2ccccc2)=NCC1c1cc(C(F)(F)F)cc(C(F)(F)F)c1. The Morgan fingerprint density at radius 1 is 0.769 bits per heavy atom. The van der Waals surface area contributed by atoms with Crippen molar-refractivity contribution in [3.63, 3.8) is 0 Å². The van der Waals surface area contributed by atoms with E-state index in [2.05, 4.69) is 9.98 Å². The van der Waals surface area contributed by atoms with Crippen molar-refractivity contribution in [3.05, 3.63) is 125 Å². The molecule has 0 spiro atoms. The fourth-order valence-electron chi connectivity index (χ4n) is 4.68. The van der Waals surface area contributed by atoms with Crippen molar-refractivity contribution in [2.24, 2.45) is 4.99 Å². The summed E-state index contributed by atoms with van der Waals surface area (Å²) in [5.74, 6) is -0.0810. The van der Waals surface area contributed by atoms with E-state index in [0.717, 1.165) is 12.1 Å². The van der Waals surface area contributed by atoms with Gasteiger partial charge in [0.25, 0.3) is 0 Å². The molecule has 0 bridgehead atoms. The molecule has 0 aliphatic carbocycles. The van der Waals surface area contributed by atoms with Gasteiger partial charge in [0.1, 0.15) is 11.7 Å². The van der Waals surface area contributed by atoms with Crippen molar-refractivity contribution in [2.45, 2.75) is 24.9 Å². The number of hydrogen-bond donors (Lipinski definition) is 0. The maximum Gasteiger partial charge on any atom is 0.416 e. The number of aromatic nitrogens is 1. The Hall–Kier alpha value is -4.21. The number of hydrogen-bond acceptors (Lipinski definition) is 3. The third-order valence-electron chi connectivity index (χ3n) is 6.50. The van der Waals surface area contributed by atoms with E-state index >= 15 is 0 Å². The van der Waals surface area contributed by atoms with Crippen LogP contribution in [0.2, 0.25) is 0 Å². The number of halogens is 7. The first-order valence-corrected chi connectivity index (χ1v) is 11.9. The molecule has 10 heteroatoms. The lowest BCUT2D eigenvalue weighted by atomic mass is 9.97. The Balaban J connectivity index is 1.63. The van der Waals surface area contributed by atoms with E-state index in [0.29, 0.717) is 28.1 Å². The van der Waals surface area contributed by atoms with Gasteiger partial charge in [-0.15, -0.1) is 0 Å². The standard InChI is InChI=1S/C29H20F7N3/c30-25-9-5-4-8-24(25)23-10-11-37-15-20(23)17-39-26(16-38-27(39)18-6-2-1-3-7-18)19-12-21(28(31,32)33)14-22(13-19)29(34,35)36/h1-15,26H,16-17H2. The van der Waals surface area contributed by atoms with E-state index in [9.17, 15) is 30.7 Å². The van der Waals surface area contributed by atoms with Crippen LogP contribution in [0.15, 0.2) is 96.2 Å². The Morgan fingerprint density at radius 2 is 1.41 bits per heavy atom. The second kappa shape index (κ2) is 10.2. The molecule has 1 unspecified atom stereocenters. The first-order valence-electron chi connectivity index (χ1n) is 11.9. The van der Waals surface area contributed by atoms with Gasteiger partial charge in [-0.25, -0.2) is 4.39 Å². The van der Waals surface area contributed by atoms with E-state index in [1.165, 1.54) is 18.5 Å². The monoisotopic (exact) mass is 543 g/mol. The fourth-order valence-corrected chi connectivity index (χ4v) is 4.68. The minimum atomic E-state index is -4.98. The Morgan fingerprint density at radius 3 is 2.05 bits per heavy atom. The van der Waals surface area contributed by atoms with Crippen molar-refractivity contribution < 1.29 is 30.7 Å². The quantitative estimate of drug-likeness (QED) is 0.239. The summed E-state index contributed by atoms with van der Waals surface area (Å²) in [6, 6.07) is 17.1. The van der Waals surface area contributed by atoms with Crippen molar-refractivity contribution in [1.29, 1.82) is 0 Å². The third-order valence-corrected chi connectivity index (χ3v) is 6.50. The molecule has 1 aliphatic heterocycles. The summed E-state index contributed by atoms with van der Waals surface area (Å²) in [5.41, 5.74) is -1.00. The predicted octanol–water partition coefficient (Wildman–Crippen LogP) is 7.93. The molecule has 4 aromatic rings. The smallest absolute Gasteiger partial charge is 0.343 e. The van der Waals surface area contributed by atoms with Gasteiger partial charge in [-0.2, -0.15) is 26.3 Å². The van der Waals surface area contributed by atoms with Crippen LogP contribution in [0.25, 0.3) is 11.1 Å². The number of pyridine rings is 1. The van der Waals surface area contributed by atoms with Crippen LogP contribution in [0.5, 0.6) is 0 Å². The molecule has 1 aliphatic rings. The van der Waals surface area contributed by atoms with Gasteiger partial charge in [0, 0.05) is 30.1 Å². The molecule has 0 radical (unpaired) electrons. The molecule has 0 N–H and O–H groups in total. The van der Waals surface area contributed by atoms with Crippen LogP contribution >= 0.6 is 0 Å². The Labute approximate surface area is 219 Å². The molecule has 1 aromatic heterocycles. The van der Waals surface area contributed by atoms with Crippen molar-refractivity contribution in [1.82, 2.24) is 9.88 Å². The molecule has 2 heterocycles. The van der Waals surface area contributed by atoms with Crippen LogP contribution in [-0.4, -0.2) is 22.3 Å². The molecule has 5 rings (SSSR count). The van der Waals surface area contributed by atoms with Gasteiger partial charge in [-0.1, -0.05) is 48.5 Å². The topological polar surface area (TPSA) is 28.5 Å². The summed E-state index contributed by atoms with van der Waals surface area (Å²) >= 11 is 0. The third kappa shape index (κ3) is 5.50. The van der Waals surface area contributed by atoms with Gasteiger partial charge in [0.15, 0.2) is 0 Å². The van der Waals surface area contributed by atoms with E-state index < -0.39 is 35.3 Å². The summed E-state index contributed by atoms with van der Waals surface area (Å²) in [6.45, 7) is -0.0639. The second-order valence-electron chi connectivity index (χ2n) is 9.03. The Bertz CT molecular complexity index is 1480. The average Bonchev–Trinajstić information content (AvgIpc) is 3.32. The van der Waals surface area contributed by atoms with E-state index in [4.69, 9.17) is 0 Å². The van der Waals surface area contributed by atoms with Crippen LogP contribution in [0.4, 0.5) is 30.7 Å². The van der Waals surface area contributed by atoms with Gasteiger partial charge in [0.2, 0.25) is 0 Å². The van der Waals surface area contributed by atoms with Gasteiger partial charge in [0.05, 0.1) is 23.7 Å². The van der Waals surface area contributed by atoms with Gasteiger partial charge in [-0.3, -0.25) is 9.98 Å². The van der Waals surface area contributed by atoms with Crippen molar-refractivity contribution >= 4 is 5.84 Å². The van der Waals surface area contributed by atoms with Gasteiger partial charge < -0.3 is 4.90 Å². The lowest BCUT2D eigenvalue weighted by Gasteiger charge is -2.30. The minimum Gasteiger partial charge on any atom is -0.343 e. The molecule has 3 aromatic carbocycles. The molecule has 0 fully saturated rings. The molecule has 200 valence electrons. The lowest BCUT2D eigenvalue weighted by molar-refractivity contribution is -0.143. The lowest BCUT2D eigenvalue weighted by Crippen LogP contribution is -2.32. The number of nitrogens with zero attached hydrogens (tertiary/aromatic N) is 3. The van der Waals surface area contributed by atoms with Crippen molar-refractivity contribution in [2.75, 3.05) is 6.54 Å². The molecule has 0 saturated heterocycles. The summed E-state index contributed by atoms with van der Waals surface area (Å²) in [5, 5.41) is 0. The zero-order valence-corrected chi connectivity index (χ0v) is 20.1. The summed E-state index contributed by atoms with van der Waals surface area (Å²) < 4.78 is 96.5. The number of amidine groups is 1. The normalized spacial score (nSPS) is 15.9. The largest absolute Gasteiger partial charge is 0.416 e. The number of aliphatic imine (C=N–C) groups is 1. The molecule has 3 nitrogen and oxygen atoms in total. The number of benzene rings is 3. The molecular weight excluding hydrogens is 523 g/mol. The van der Waals surface area contributed by atoms with Crippen LogP contribution in [-0.2, 0) is 18.9 Å². The Kier molecular flexibility index (Phi) is 6.88. The van der Waals surface area contributed by atoms with Gasteiger partial charge in [-0.05, 0) is 47.0 Å². The zero-order valence-electron chi connectivity index (χ0n) is 20.1. The first-order chi connectivity index (χ1) is 18.5. The van der Waals surface area contributed by atoms with E-state index in [-0.39, 0.29) is 24.7 Å². The van der Waals surface area contributed by atoms with Crippen LogP contribution < -0.4 is 0 Å². The number of alkyl halides is 6. The van der Waals surface area contributed by atoms with E-state index in [1.54, 1.807) is 59.5 Å². The summed E-state index contributed by atoms with van der Waals surface area (Å²) in [7, 11) is 0. The fraction of sp³-hybridized carbons (Fsp3) is 0.172. The molecule has 0 saturated carbocycles. The summed E-state index contributed by atoms with van der Waals surface area (Å²) in [4.78, 5) is 10.3. The van der Waals surface area contributed by atoms with Crippen LogP contribution in [0.3, 0.4) is 0 Å². The predicted molar refractivity (Wildman–Crippen MR) is 132 cm³/mol. The molecule has 39 heavy (non-hydrogen) atoms. The van der Waals surface area contributed by atoms with Crippen molar-refractivity contribution in [3.8, 4) is 11.1 Å². The van der Waals surface area contributed by atoms with E-state index in [1.807, 2.05) is 0 Å². The maximum atomic E-state index is 14.7. The molecule has 0 amide bonds.